The fourth-order valence-electron chi connectivity index (χ4n) is 1.43. The summed E-state index contributed by atoms with van der Waals surface area (Å²) in [6.07, 6.45) is 1.51. The summed E-state index contributed by atoms with van der Waals surface area (Å²) in [6, 6.07) is 6.78. The van der Waals surface area contributed by atoms with Crippen LogP contribution in [-0.4, -0.2) is 18.6 Å². The van der Waals surface area contributed by atoms with Gasteiger partial charge in [-0.05, 0) is 30.7 Å². The first-order valence-electron chi connectivity index (χ1n) is 5.84. The number of unbranched alkanes of at least 4 members (excludes halogenated alkanes) is 1. The number of halogens is 2. The molecule has 18 heavy (non-hydrogen) atoms. The van der Waals surface area contributed by atoms with Gasteiger partial charge < -0.3 is 10.5 Å². The van der Waals surface area contributed by atoms with Crippen LogP contribution in [0.1, 0.15) is 31.7 Å². The lowest BCUT2D eigenvalue weighted by atomic mass is 10.2. The van der Waals surface area contributed by atoms with Crippen molar-refractivity contribution in [1.82, 2.24) is 0 Å². The Morgan fingerprint density at radius 1 is 1.39 bits per heavy atom. The van der Waals surface area contributed by atoms with Crippen molar-refractivity contribution < 1.29 is 9.13 Å². The maximum absolute atomic E-state index is 13.3. The molecule has 0 unspecified atom stereocenters. The summed E-state index contributed by atoms with van der Waals surface area (Å²) in [7, 11) is 0. The van der Waals surface area contributed by atoms with Gasteiger partial charge in [0.15, 0.2) is 0 Å². The summed E-state index contributed by atoms with van der Waals surface area (Å²) in [4.78, 5) is 0. The molecule has 0 spiro atoms. The number of amidine groups is 1. The maximum atomic E-state index is 13.3. The van der Waals surface area contributed by atoms with E-state index in [1.165, 1.54) is 0 Å². The summed E-state index contributed by atoms with van der Waals surface area (Å²) >= 11 is 0. The summed E-state index contributed by atoms with van der Waals surface area (Å²) in [5.74, 6) is 0.622. The van der Waals surface area contributed by atoms with Crippen molar-refractivity contribution in [2.24, 2.45) is 5.73 Å². The van der Waals surface area contributed by atoms with E-state index >= 15 is 0 Å². The molecule has 1 aromatic rings. The van der Waals surface area contributed by atoms with E-state index in [0.717, 1.165) is 12.8 Å². The van der Waals surface area contributed by atoms with E-state index in [9.17, 15) is 4.39 Å². The molecule has 0 saturated carbocycles. The van der Waals surface area contributed by atoms with Crippen LogP contribution in [0, 0.1) is 5.41 Å². The lowest BCUT2D eigenvalue weighted by Gasteiger charge is -2.10. The molecular formula is C13H20ClFN2O. The Hall–Kier alpha value is -1.29. The molecule has 102 valence electrons. The van der Waals surface area contributed by atoms with Crippen molar-refractivity contribution in [1.29, 1.82) is 5.41 Å². The van der Waals surface area contributed by atoms with Crippen molar-refractivity contribution in [2.45, 2.75) is 32.4 Å². The van der Waals surface area contributed by atoms with Crippen LogP contribution in [0.15, 0.2) is 24.3 Å². The second-order valence-electron chi connectivity index (χ2n) is 3.99. The van der Waals surface area contributed by atoms with Crippen molar-refractivity contribution >= 4 is 18.2 Å². The van der Waals surface area contributed by atoms with Crippen molar-refractivity contribution in [2.75, 3.05) is 6.61 Å². The van der Waals surface area contributed by atoms with Gasteiger partial charge in [-0.25, -0.2) is 4.39 Å². The number of benzene rings is 1. The lowest BCUT2D eigenvalue weighted by molar-refractivity contribution is 0.184. The van der Waals surface area contributed by atoms with Gasteiger partial charge in [0.25, 0.3) is 0 Å². The molecular weight excluding hydrogens is 255 g/mol. The Bertz CT molecular complexity index is 357. The highest BCUT2D eigenvalue weighted by Gasteiger charge is 2.06. The molecule has 1 aromatic carbocycles. The molecule has 0 aliphatic carbocycles. The predicted octanol–water partition coefficient (Wildman–Crippen LogP) is 3.30. The molecule has 0 aromatic heterocycles. The van der Waals surface area contributed by atoms with E-state index in [-0.39, 0.29) is 24.8 Å². The third kappa shape index (κ3) is 5.87. The number of nitrogens with one attached hydrogen (secondary N) is 1. The first-order valence-corrected chi connectivity index (χ1v) is 5.84. The minimum absolute atomic E-state index is 0. The highest BCUT2D eigenvalue weighted by Crippen LogP contribution is 2.13. The Morgan fingerprint density at radius 2 is 2.00 bits per heavy atom. The summed E-state index contributed by atoms with van der Waals surface area (Å²) in [6.45, 7) is 2.12. The Kier molecular flexibility index (Phi) is 8.12. The predicted molar refractivity (Wildman–Crippen MR) is 74.6 cm³/mol. The molecule has 0 aliphatic rings. The summed E-state index contributed by atoms with van der Waals surface area (Å²) in [5, 5.41) is 7.23. The molecule has 0 fully saturated rings. The zero-order valence-electron chi connectivity index (χ0n) is 10.5. The van der Waals surface area contributed by atoms with E-state index < -0.39 is 6.17 Å². The molecule has 0 saturated heterocycles. The molecule has 1 rings (SSSR count). The van der Waals surface area contributed by atoms with Crippen LogP contribution in [-0.2, 0) is 0 Å². The fourth-order valence-corrected chi connectivity index (χ4v) is 1.43. The minimum Gasteiger partial charge on any atom is -0.491 e. The average molecular weight is 275 g/mol. The molecule has 1 atom stereocenters. The Balaban J connectivity index is 0.00000289. The second-order valence-corrected chi connectivity index (χ2v) is 3.99. The van der Waals surface area contributed by atoms with Crippen LogP contribution in [0.2, 0.25) is 0 Å². The minimum atomic E-state index is -0.914. The van der Waals surface area contributed by atoms with E-state index in [4.69, 9.17) is 15.9 Å². The molecule has 0 aliphatic heterocycles. The third-order valence-corrected chi connectivity index (χ3v) is 2.47. The van der Waals surface area contributed by atoms with Gasteiger partial charge in [-0.15, -0.1) is 12.4 Å². The van der Waals surface area contributed by atoms with Crippen LogP contribution in [0.5, 0.6) is 5.75 Å². The second kappa shape index (κ2) is 8.75. The zero-order valence-corrected chi connectivity index (χ0v) is 11.3. The van der Waals surface area contributed by atoms with Crippen LogP contribution < -0.4 is 10.5 Å². The van der Waals surface area contributed by atoms with Gasteiger partial charge in [0, 0.05) is 5.56 Å². The third-order valence-electron chi connectivity index (χ3n) is 2.47. The topological polar surface area (TPSA) is 59.1 Å². The number of rotatable bonds is 7. The van der Waals surface area contributed by atoms with Crippen LogP contribution in [0.4, 0.5) is 4.39 Å². The summed E-state index contributed by atoms with van der Waals surface area (Å²) in [5.41, 5.74) is 5.96. The average Bonchev–Trinajstić information content (AvgIpc) is 2.34. The largest absolute Gasteiger partial charge is 0.491 e. The highest BCUT2D eigenvalue weighted by molar-refractivity contribution is 5.94. The SMILES string of the molecule is CCCC[C@H](F)COc1ccc(C(=N)N)cc1.Cl. The highest BCUT2D eigenvalue weighted by atomic mass is 35.5. The first kappa shape index (κ1) is 16.7. The van der Waals surface area contributed by atoms with E-state index in [1.807, 2.05) is 6.92 Å². The van der Waals surface area contributed by atoms with Crippen LogP contribution in [0.25, 0.3) is 0 Å². The van der Waals surface area contributed by atoms with Gasteiger partial charge in [-0.3, -0.25) is 5.41 Å². The number of hydrogen-bond donors (Lipinski definition) is 2. The van der Waals surface area contributed by atoms with Crippen molar-refractivity contribution in [3.63, 3.8) is 0 Å². The van der Waals surface area contributed by atoms with Crippen molar-refractivity contribution in [3.05, 3.63) is 29.8 Å². The molecule has 0 radical (unpaired) electrons. The quantitative estimate of drug-likeness (QED) is 0.592. The van der Waals surface area contributed by atoms with Gasteiger partial charge in [-0.2, -0.15) is 0 Å². The van der Waals surface area contributed by atoms with E-state index in [2.05, 4.69) is 0 Å². The van der Waals surface area contributed by atoms with Crippen molar-refractivity contribution in [3.8, 4) is 5.75 Å². The van der Waals surface area contributed by atoms with E-state index in [0.29, 0.717) is 17.7 Å². The maximum Gasteiger partial charge on any atom is 0.134 e. The van der Waals surface area contributed by atoms with E-state index in [1.54, 1.807) is 24.3 Å². The number of alkyl halides is 1. The number of nitrogen functional groups attached to an aromatic ring is 1. The van der Waals surface area contributed by atoms with Crippen LogP contribution in [0.3, 0.4) is 0 Å². The smallest absolute Gasteiger partial charge is 0.134 e. The van der Waals surface area contributed by atoms with Gasteiger partial charge in [0.1, 0.15) is 24.4 Å². The normalized spacial score (nSPS) is 11.4. The first-order chi connectivity index (χ1) is 8.13. The standard InChI is InChI=1S/C13H19FN2O.ClH/c1-2-3-4-11(14)9-17-12-7-5-10(6-8-12)13(15)16;/h5-8,11H,2-4,9H2,1H3,(H3,15,16);1H/t11-;/m0./s1. The van der Waals surface area contributed by atoms with Crippen LogP contribution >= 0.6 is 12.4 Å². The van der Waals surface area contributed by atoms with Gasteiger partial charge in [0.2, 0.25) is 0 Å². The number of hydrogen-bond acceptors (Lipinski definition) is 2. The Morgan fingerprint density at radius 3 is 2.50 bits per heavy atom. The molecule has 3 N–H and O–H groups in total. The number of ether oxygens (including phenoxy) is 1. The molecule has 3 nitrogen and oxygen atoms in total. The Labute approximate surface area is 113 Å². The fraction of sp³-hybridized carbons (Fsp3) is 0.462. The molecule has 0 amide bonds. The molecule has 0 heterocycles. The molecule has 0 bridgehead atoms. The number of nitrogens with two attached hydrogens (primary N) is 1. The molecule has 5 heteroatoms. The zero-order chi connectivity index (χ0) is 12.7. The monoisotopic (exact) mass is 274 g/mol. The summed E-state index contributed by atoms with van der Waals surface area (Å²) < 4.78 is 18.6. The van der Waals surface area contributed by atoms with Gasteiger partial charge in [0.05, 0.1) is 0 Å². The lowest BCUT2D eigenvalue weighted by Crippen LogP contribution is -2.13. The van der Waals surface area contributed by atoms with Gasteiger partial charge >= 0.3 is 0 Å². The van der Waals surface area contributed by atoms with Gasteiger partial charge in [-0.1, -0.05) is 19.8 Å².